The van der Waals surface area contributed by atoms with Crippen LogP contribution in [0.1, 0.15) is 13.8 Å². The van der Waals surface area contributed by atoms with Crippen molar-refractivity contribution < 1.29 is 22.7 Å². The molecule has 0 spiro atoms. The van der Waals surface area contributed by atoms with E-state index in [0.717, 1.165) is 0 Å². The van der Waals surface area contributed by atoms with E-state index in [1.807, 2.05) is 0 Å². The Morgan fingerprint density at radius 2 is 2.00 bits per heavy atom. The highest BCUT2D eigenvalue weighted by molar-refractivity contribution is 5.89. The number of halogens is 3. The topological polar surface area (TPSA) is 50.1 Å². The number of ether oxygens (including phenoxy) is 1. The molecule has 1 saturated heterocycles. The Kier molecular flexibility index (Phi) is 1.57. The number of cyclic esters (lactones) is 1. The Hall–Kier alpha value is -1.25. The number of carbonyl (C=O) groups excluding carboxylic acids is 1. The molecular formula is C9H8F3NO2. The van der Waals surface area contributed by atoms with Crippen LogP contribution in [0.2, 0.25) is 0 Å². The third-order valence-electron chi connectivity index (χ3n) is 3.19. The van der Waals surface area contributed by atoms with Crippen LogP contribution in [-0.2, 0) is 9.53 Å². The minimum absolute atomic E-state index is 1.04. The summed E-state index contributed by atoms with van der Waals surface area (Å²) < 4.78 is 42.4. The average Bonchev–Trinajstić information content (AvgIpc) is 2.67. The maximum atomic E-state index is 12.6. The van der Waals surface area contributed by atoms with Crippen LogP contribution in [0.5, 0.6) is 0 Å². The number of fused-ring (bicyclic) bond motifs is 1. The van der Waals surface area contributed by atoms with E-state index in [4.69, 9.17) is 10.00 Å². The number of hydrogen-bond donors (Lipinski definition) is 0. The molecule has 2 fully saturated rings. The van der Waals surface area contributed by atoms with E-state index in [2.05, 4.69) is 0 Å². The lowest BCUT2D eigenvalue weighted by Crippen LogP contribution is -2.32. The van der Waals surface area contributed by atoms with E-state index in [1.54, 1.807) is 0 Å². The lowest BCUT2D eigenvalue weighted by atomic mass is 9.99. The smallest absolute Gasteiger partial charge is 0.394 e. The molecule has 15 heavy (non-hydrogen) atoms. The Bertz CT molecular complexity index is 376. The molecule has 1 aliphatic carbocycles. The van der Waals surface area contributed by atoms with Crippen LogP contribution in [-0.4, -0.2) is 17.7 Å². The summed E-state index contributed by atoms with van der Waals surface area (Å²) in [6, 6.07) is 1.48. The molecule has 82 valence electrons. The van der Waals surface area contributed by atoms with Crippen molar-refractivity contribution in [3.8, 4) is 6.07 Å². The summed E-state index contributed by atoms with van der Waals surface area (Å²) in [5, 5.41) is 8.75. The molecule has 0 amide bonds. The Morgan fingerprint density at radius 1 is 1.47 bits per heavy atom. The number of esters is 1. The molecule has 0 N–H and O–H groups in total. The largest absolute Gasteiger partial charge is 0.458 e. The zero-order valence-corrected chi connectivity index (χ0v) is 8.05. The molecule has 0 radical (unpaired) electrons. The molecule has 0 unspecified atom stereocenters. The van der Waals surface area contributed by atoms with Crippen molar-refractivity contribution in [2.45, 2.75) is 25.6 Å². The zero-order chi connectivity index (χ0) is 11.6. The van der Waals surface area contributed by atoms with Crippen LogP contribution < -0.4 is 0 Å². The molecule has 0 aromatic carbocycles. The second-order valence-electron chi connectivity index (χ2n) is 4.47. The van der Waals surface area contributed by atoms with Crippen molar-refractivity contribution in [1.29, 1.82) is 5.26 Å². The molecular weight excluding hydrogens is 211 g/mol. The summed E-state index contributed by atoms with van der Waals surface area (Å²) in [6.45, 7) is 2.81. The first-order chi connectivity index (χ1) is 6.68. The maximum absolute atomic E-state index is 12.6. The van der Waals surface area contributed by atoms with Gasteiger partial charge in [-0.1, -0.05) is 0 Å². The molecule has 1 aliphatic heterocycles. The van der Waals surface area contributed by atoms with Crippen LogP contribution >= 0.6 is 0 Å². The van der Waals surface area contributed by atoms with E-state index in [-0.39, 0.29) is 0 Å². The van der Waals surface area contributed by atoms with Crippen molar-refractivity contribution in [2.75, 3.05) is 0 Å². The van der Waals surface area contributed by atoms with Crippen LogP contribution in [0.25, 0.3) is 0 Å². The van der Waals surface area contributed by atoms with Crippen molar-refractivity contribution in [3.05, 3.63) is 0 Å². The minimum atomic E-state index is -4.52. The first kappa shape index (κ1) is 10.3. The third kappa shape index (κ3) is 0.981. The number of alkyl halides is 3. The molecule has 2 rings (SSSR count). The number of carbonyl (C=O) groups is 1. The van der Waals surface area contributed by atoms with Gasteiger partial charge in [-0.15, -0.1) is 0 Å². The summed E-state index contributed by atoms with van der Waals surface area (Å²) in [5.74, 6) is -3.98. The second-order valence-corrected chi connectivity index (χ2v) is 4.47. The predicted octanol–water partition coefficient (Wildman–Crippen LogP) is 1.64. The number of rotatable bonds is 0. The molecule has 3 nitrogen and oxygen atoms in total. The fourth-order valence-electron chi connectivity index (χ4n) is 2.61. The lowest BCUT2D eigenvalue weighted by molar-refractivity contribution is -0.184. The molecule has 2 aliphatic rings. The first-order valence-corrected chi connectivity index (χ1v) is 4.39. The van der Waals surface area contributed by atoms with E-state index >= 15 is 0 Å². The van der Waals surface area contributed by atoms with E-state index < -0.39 is 35.0 Å². The standard InChI is InChI=1S/C9H8F3NO2/c1-7(2)4-5(9(10,11)12)8(4,3-13)6(14)15-7/h4-5H,1-2H3/t4-,5+,8+/m0/s1. The van der Waals surface area contributed by atoms with Gasteiger partial charge in [-0.2, -0.15) is 18.4 Å². The minimum Gasteiger partial charge on any atom is -0.458 e. The van der Waals surface area contributed by atoms with Gasteiger partial charge in [-0.05, 0) is 13.8 Å². The van der Waals surface area contributed by atoms with Crippen LogP contribution in [0, 0.1) is 28.6 Å². The fraction of sp³-hybridized carbons (Fsp3) is 0.778. The summed E-state index contributed by atoms with van der Waals surface area (Å²) in [5.41, 5.74) is -3.19. The van der Waals surface area contributed by atoms with Gasteiger partial charge < -0.3 is 4.74 Å². The van der Waals surface area contributed by atoms with Gasteiger partial charge in [0, 0.05) is 5.92 Å². The molecule has 1 saturated carbocycles. The van der Waals surface area contributed by atoms with Crippen LogP contribution in [0.4, 0.5) is 13.2 Å². The van der Waals surface area contributed by atoms with Crippen molar-refractivity contribution in [2.24, 2.45) is 17.3 Å². The molecule has 0 bridgehead atoms. The molecule has 0 aromatic rings. The van der Waals surface area contributed by atoms with Gasteiger partial charge in [0.15, 0.2) is 5.41 Å². The summed E-state index contributed by atoms with van der Waals surface area (Å²) in [6.07, 6.45) is -4.52. The predicted molar refractivity (Wildman–Crippen MR) is 41.3 cm³/mol. The summed E-state index contributed by atoms with van der Waals surface area (Å²) >= 11 is 0. The van der Waals surface area contributed by atoms with Crippen LogP contribution in [0.15, 0.2) is 0 Å². The Labute approximate surface area is 83.8 Å². The van der Waals surface area contributed by atoms with Crippen LogP contribution in [0.3, 0.4) is 0 Å². The zero-order valence-electron chi connectivity index (χ0n) is 8.05. The monoisotopic (exact) mass is 219 g/mol. The molecule has 0 aromatic heterocycles. The second kappa shape index (κ2) is 2.29. The third-order valence-corrected chi connectivity index (χ3v) is 3.19. The van der Waals surface area contributed by atoms with Crippen molar-refractivity contribution >= 4 is 5.97 Å². The van der Waals surface area contributed by atoms with Gasteiger partial charge in [0.05, 0.1) is 12.0 Å². The SMILES string of the molecule is CC1(C)OC(=O)[C@@]2(C#N)[C@H](C(F)(F)F)[C@@H]12. The van der Waals surface area contributed by atoms with Crippen molar-refractivity contribution in [1.82, 2.24) is 0 Å². The fourth-order valence-corrected chi connectivity index (χ4v) is 2.61. The highest BCUT2D eigenvalue weighted by Gasteiger charge is 2.88. The molecule has 6 heteroatoms. The number of nitrogens with zero attached hydrogens (tertiary/aromatic N) is 1. The highest BCUT2D eigenvalue weighted by Crippen LogP contribution is 2.73. The van der Waals surface area contributed by atoms with Gasteiger partial charge in [-0.3, -0.25) is 4.79 Å². The van der Waals surface area contributed by atoms with Gasteiger partial charge in [0.1, 0.15) is 5.60 Å². The van der Waals surface area contributed by atoms with Gasteiger partial charge in [-0.25, -0.2) is 0 Å². The normalized spacial score (nSPS) is 41.7. The Balaban J connectivity index is 2.45. The van der Waals surface area contributed by atoms with Gasteiger partial charge in [0.25, 0.3) is 0 Å². The van der Waals surface area contributed by atoms with E-state index in [0.29, 0.717) is 0 Å². The van der Waals surface area contributed by atoms with E-state index in [1.165, 1.54) is 19.9 Å². The lowest BCUT2D eigenvalue weighted by Gasteiger charge is -2.22. The number of hydrogen-bond acceptors (Lipinski definition) is 3. The molecule has 1 heterocycles. The molecule has 3 atom stereocenters. The highest BCUT2D eigenvalue weighted by atomic mass is 19.4. The maximum Gasteiger partial charge on any atom is 0.394 e. The first-order valence-electron chi connectivity index (χ1n) is 4.39. The average molecular weight is 219 g/mol. The summed E-state index contributed by atoms with van der Waals surface area (Å²) in [7, 11) is 0. The number of nitriles is 1. The van der Waals surface area contributed by atoms with Gasteiger partial charge in [0.2, 0.25) is 0 Å². The van der Waals surface area contributed by atoms with Gasteiger partial charge >= 0.3 is 12.1 Å². The van der Waals surface area contributed by atoms with E-state index in [9.17, 15) is 18.0 Å². The Morgan fingerprint density at radius 3 is 2.27 bits per heavy atom. The van der Waals surface area contributed by atoms with Crippen molar-refractivity contribution in [3.63, 3.8) is 0 Å². The quantitative estimate of drug-likeness (QED) is 0.582. The summed E-state index contributed by atoms with van der Waals surface area (Å²) in [4.78, 5) is 11.3.